The highest BCUT2D eigenvalue weighted by Gasteiger charge is 2.41. The van der Waals surface area contributed by atoms with Crippen molar-refractivity contribution in [3.8, 4) is 0 Å². The molecule has 0 aliphatic carbocycles. The van der Waals surface area contributed by atoms with E-state index in [4.69, 9.17) is 4.74 Å². The molecule has 3 heteroatoms. The van der Waals surface area contributed by atoms with E-state index in [1.165, 1.54) is 0 Å². The summed E-state index contributed by atoms with van der Waals surface area (Å²) in [5, 5.41) is 0. The van der Waals surface area contributed by atoms with Gasteiger partial charge in [-0.2, -0.15) is 0 Å². The summed E-state index contributed by atoms with van der Waals surface area (Å²) in [6, 6.07) is 19.8. The zero-order valence-electron chi connectivity index (χ0n) is 10.7. The number of hydrogen-bond acceptors (Lipinski definition) is 2. The van der Waals surface area contributed by atoms with Gasteiger partial charge in [-0.25, -0.2) is 4.79 Å². The number of benzene rings is 2. The van der Waals surface area contributed by atoms with Gasteiger partial charge in [0.15, 0.2) is 6.10 Å². The zero-order chi connectivity index (χ0) is 13.2. The van der Waals surface area contributed by atoms with Crippen molar-refractivity contribution in [2.24, 2.45) is 0 Å². The highest BCUT2D eigenvalue weighted by Crippen LogP contribution is 2.41. The van der Waals surface area contributed by atoms with E-state index in [-0.39, 0.29) is 18.2 Å². The molecule has 2 aromatic carbocycles. The maximum atomic E-state index is 11.8. The molecule has 0 spiro atoms. The lowest BCUT2D eigenvalue weighted by molar-refractivity contribution is 0.130. The van der Waals surface area contributed by atoms with Crippen LogP contribution in [0.4, 0.5) is 4.79 Å². The monoisotopic (exact) mass is 253 g/mol. The number of amides is 1. The van der Waals surface area contributed by atoms with Gasteiger partial charge in [0.05, 0.1) is 0 Å². The zero-order valence-corrected chi connectivity index (χ0v) is 10.7. The molecule has 0 N–H and O–H groups in total. The SMILES string of the molecule is CN1C(=O)O[C@H](c2ccccc2)[C@@H]1c1ccccc1. The fourth-order valence-electron chi connectivity index (χ4n) is 2.51. The molecule has 0 unspecified atom stereocenters. The van der Waals surface area contributed by atoms with Crippen molar-refractivity contribution in [1.29, 1.82) is 0 Å². The van der Waals surface area contributed by atoms with Crippen LogP contribution in [0.15, 0.2) is 60.7 Å². The van der Waals surface area contributed by atoms with Crippen LogP contribution in [0.5, 0.6) is 0 Å². The maximum absolute atomic E-state index is 11.8. The largest absolute Gasteiger partial charge is 0.439 e. The fourth-order valence-corrected chi connectivity index (χ4v) is 2.51. The molecule has 1 amide bonds. The first-order valence-corrected chi connectivity index (χ1v) is 6.31. The van der Waals surface area contributed by atoms with Crippen LogP contribution < -0.4 is 0 Å². The van der Waals surface area contributed by atoms with Gasteiger partial charge in [-0.15, -0.1) is 0 Å². The Morgan fingerprint density at radius 3 is 2.00 bits per heavy atom. The normalized spacial score (nSPS) is 22.4. The average molecular weight is 253 g/mol. The summed E-state index contributed by atoms with van der Waals surface area (Å²) < 4.78 is 5.51. The first-order chi connectivity index (χ1) is 9.27. The quantitative estimate of drug-likeness (QED) is 0.819. The second-order valence-corrected chi connectivity index (χ2v) is 4.68. The fraction of sp³-hybridized carbons (Fsp3) is 0.188. The minimum atomic E-state index is -0.275. The Kier molecular flexibility index (Phi) is 2.95. The molecule has 0 saturated carbocycles. The smallest absolute Gasteiger partial charge is 0.410 e. The van der Waals surface area contributed by atoms with Gasteiger partial charge in [0.2, 0.25) is 0 Å². The summed E-state index contributed by atoms with van der Waals surface area (Å²) in [5.74, 6) is 0. The topological polar surface area (TPSA) is 29.5 Å². The highest BCUT2D eigenvalue weighted by atomic mass is 16.6. The van der Waals surface area contributed by atoms with Crippen LogP contribution in [0.25, 0.3) is 0 Å². The van der Waals surface area contributed by atoms with Gasteiger partial charge in [0.1, 0.15) is 6.04 Å². The lowest BCUT2D eigenvalue weighted by Gasteiger charge is -2.22. The maximum Gasteiger partial charge on any atom is 0.410 e. The second kappa shape index (κ2) is 4.76. The summed E-state index contributed by atoms with van der Waals surface area (Å²) in [4.78, 5) is 13.5. The third-order valence-corrected chi connectivity index (χ3v) is 3.49. The van der Waals surface area contributed by atoms with Gasteiger partial charge in [0, 0.05) is 7.05 Å². The molecule has 1 saturated heterocycles. The number of cyclic esters (lactones) is 1. The molecular formula is C16H15NO2. The number of nitrogens with zero attached hydrogens (tertiary/aromatic N) is 1. The Hall–Kier alpha value is -2.29. The summed E-state index contributed by atoms with van der Waals surface area (Å²) in [6.07, 6.45) is -0.524. The van der Waals surface area contributed by atoms with E-state index < -0.39 is 0 Å². The number of carbonyl (C=O) groups is 1. The van der Waals surface area contributed by atoms with Crippen molar-refractivity contribution >= 4 is 6.09 Å². The van der Waals surface area contributed by atoms with Crippen molar-refractivity contribution in [2.45, 2.75) is 12.1 Å². The summed E-state index contributed by atoms with van der Waals surface area (Å²) in [7, 11) is 1.78. The number of likely N-dealkylation sites (N-methyl/N-ethyl adjacent to an activating group) is 1. The predicted molar refractivity (Wildman–Crippen MR) is 72.6 cm³/mol. The van der Waals surface area contributed by atoms with E-state index in [1.54, 1.807) is 11.9 Å². The van der Waals surface area contributed by atoms with Crippen molar-refractivity contribution < 1.29 is 9.53 Å². The Bertz CT molecular complexity index is 568. The van der Waals surface area contributed by atoms with Gasteiger partial charge < -0.3 is 9.64 Å². The standard InChI is InChI=1S/C16H15NO2/c1-17-14(12-8-4-2-5-9-12)15(19-16(17)18)13-10-6-3-7-11-13/h2-11,14-15H,1H3/t14-,15+/m0/s1. The molecule has 1 aliphatic heterocycles. The van der Waals surface area contributed by atoms with Crippen molar-refractivity contribution in [2.75, 3.05) is 7.05 Å². The molecular weight excluding hydrogens is 238 g/mol. The first kappa shape index (κ1) is 11.8. The minimum Gasteiger partial charge on any atom is -0.439 e. The van der Waals surface area contributed by atoms with E-state index in [9.17, 15) is 4.79 Å². The molecule has 2 atom stereocenters. The van der Waals surface area contributed by atoms with Gasteiger partial charge in [-0.05, 0) is 11.1 Å². The minimum absolute atomic E-state index is 0.0731. The molecule has 1 fully saturated rings. The van der Waals surface area contributed by atoms with Crippen LogP contribution in [0.1, 0.15) is 23.3 Å². The van der Waals surface area contributed by atoms with Crippen LogP contribution in [-0.2, 0) is 4.74 Å². The molecule has 3 rings (SSSR count). The van der Waals surface area contributed by atoms with Crippen molar-refractivity contribution in [1.82, 2.24) is 4.90 Å². The second-order valence-electron chi connectivity index (χ2n) is 4.68. The number of carbonyl (C=O) groups excluding carboxylic acids is 1. The van der Waals surface area contributed by atoms with Crippen LogP contribution >= 0.6 is 0 Å². The summed E-state index contributed by atoms with van der Waals surface area (Å²) >= 11 is 0. The Balaban J connectivity index is 2.01. The molecule has 0 radical (unpaired) electrons. The molecule has 96 valence electrons. The van der Waals surface area contributed by atoms with E-state index in [0.717, 1.165) is 11.1 Å². The van der Waals surface area contributed by atoms with E-state index in [0.29, 0.717) is 0 Å². The Morgan fingerprint density at radius 2 is 1.42 bits per heavy atom. The molecule has 19 heavy (non-hydrogen) atoms. The van der Waals surface area contributed by atoms with Gasteiger partial charge in [-0.3, -0.25) is 0 Å². The highest BCUT2D eigenvalue weighted by molar-refractivity contribution is 5.71. The van der Waals surface area contributed by atoms with E-state index in [1.807, 2.05) is 60.7 Å². The average Bonchev–Trinajstić information content (AvgIpc) is 2.77. The van der Waals surface area contributed by atoms with Gasteiger partial charge in [0.25, 0.3) is 0 Å². The summed E-state index contributed by atoms with van der Waals surface area (Å²) in [6.45, 7) is 0. The molecule has 1 heterocycles. The van der Waals surface area contributed by atoms with Crippen LogP contribution in [0.2, 0.25) is 0 Å². The molecule has 0 bridgehead atoms. The first-order valence-electron chi connectivity index (χ1n) is 6.31. The molecule has 0 aromatic heterocycles. The molecule has 2 aromatic rings. The van der Waals surface area contributed by atoms with Crippen LogP contribution in [0, 0.1) is 0 Å². The molecule has 3 nitrogen and oxygen atoms in total. The Labute approximate surface area is 112 Å². The predicted octanol–water partition coefficient (Wildman–Crippen LogP) is 3.55. The number of rotatable bonds is 2. The van der Waals surface area contributed by atoms with Crippen LogP contribution in [0.3, 0.4) is 0 Å². The van der Waals surface area contributed by atoms with Crippen molar-refractivity contribution in [3.05, 3.63) is 71.8 Å². The van der Waals surface area contributed by atoms with E-state index in [2.05, 4.69) is 0 Å². The third kappa shape index (κ3) is 2.08. The third-order valence-electron chi connectivity index (χ3n) is 3.49. The Morgan fingerprint density at radius 1 is 0.895 bits per heavy atom. The summed E-state index contributed by atoms with van der Waals surface area (Å²) in [5.41, 5.74) is 2.11. The molecule has 1 aliphatic rings. The van der Waals surface area contributed by atoms with E-state index >= 15 is 0 Å². The van der Waals surface area contributed by atoms with Gasteiger partial charge in [-0.1, -0.05) is 60.7 Å². The lowest BCUT2D eigenvalue weighted by atomic mass is 9.96. The number of hydrogen-bond donors (Lipinski definition) is 0. The van der Waals surface area contributed by atoms with Crippen molar-refractivity contribution in [3.63, 3.8) is 0 Å². The van der Waals surface area contributed by atoms with Gasteiger partial charge >= 0.3 is 6.09 Å². The van der Waals surface area contributed by atoms with Crippen LogP contribution in [-0.4, -0.2) is 18.0 Å². The lowest BCUT2D eigenvalue weighted by Crippen LogP contribution is -2.23. The number of ether oxygens (including phenoxy) is 1.